The summed E-state index contributed by atoms with van der Waals surface area (Å²) in [5, 5.41) is 9.30. The fourth-order valence-corrected chi connectivity index (χ4v) is 1.42. The number of aromatic nitrogens is 1. The number of aryl methyl sites for hydroxylation is 1. The maximum atomic E-state index is 13.4. The van der Waals surface area contributed by atoms with Crippen LogP contribution in [-0.4, -0.2) is 10.1 Å². The van der Waals surface area contributed by atoms with Gasteiger partial charge in [-0.25, -0.2) is 4.39 Å². The van der Waals surface area contributed by atoms with Crippen molar-refractivity contribution in [1.29, 1.82) is 0 Å². The number of halogens is 1. The fraction of sp³-hybridized carbons (Fsp3) is 0.100. The summed E-state index contributed by atoms with van der Waals surface area (Å²) in [5.74, 6) is -1.73. The van der Waals surface area contributed by atoms with Gasteiger partial charge in [-0.1, -0.05) is 12.1 Å². The van der Waals surface area contributed by atoms with Crippen molar-refractivity contribution in [2.24, 2.45) is 0 Å². The Morgan fingerprint density at radius 1 is 1.43 bits per heavy atom. The van der Waals surface area contributed by atoms with Gasteiger partial charge in [0.2, 0.25) is 5.75 Å². The van der Waals surface area contributed by atoms with Crippen molar-refractivity contribution in [2.75, 3.05) is 0 Å². The lowest BCUT2D eigenvalue weighted by atomic mass is 10.1. The van der Waals surface area contributed by atoms with Crippen LogP contribution in [0.2, 0.25) is 0 Å². The molecule has 0 aliphatic carbocycles. The highest BCUT2D eigenvalue weighted by Crippen LogP contribution is 2.21. The predicted molar refractivity (Wildman–Crippen MR) is 50.9 cm³/mol. The third kappa shape index (κ3) is 1.08. The van der Waals surface area contributed by atoms with Crippen molar-refractivity contribution in [3.8, 4) is 5.75 Å². The van der Waals surface area contributed by atoms with Crippen LogP contribution in [0.15, 0.2) is 23.0 Å². The van der Waals surface area contributed by atoms with Crippen molar-refractivity contribution in [2.45, 2.75) is 6.92 Å². The maximum absolute atomic E-state index is 13.4. The summed E-state index contributed by atoms with van der Waals surface area (Å²) in [5.41, 5.74) is 0.385. The molecule has 0 unspecified atom stereocenters. The summed E-state index contributed by atoms with van der Waals surface area (Å²) < 4.78 is 13.4. The van der Waals surface area contributed by atoms with Gasteiger partial charge in [-0.05, 0) is 18.6 Å². The van der Waals surface area contributed by atoms with Crippen LogP contribution in [0.3, 0.4) is 0 Å². The molecule has 14 heavy (non-hydrogen) atoms. The van der Waals surface area contributed by atoms with Gasteiger partial charge < -0.3 is 10.1 Å². The first kappa shape index (κ1) is 8.74. The van der Waals surface area contributed by atoms with E-state index in [-0.39, 0.29) is 5.39 Å². The minimum absolute atomic E-state index is 0.224. The molecule has 0 spiro atoms. The molecule has 0 radical (unpaired) electrons. The molecule has 0 aliphatic rings. The van der Waals surface area contributed by atoms with Crippen LogP contribution in [0.25, 0.3) is 10.9 Å². The Morgan fingerprint density at radius 3 is 2.86 bits per heavy atom. The standard InChI is InChI=1S/C10H8FNO2/c1-5-3-2-4-6-7(11)9(13)10(14)12-8(5)6/h2-4,13H,1H3,(H,12,14). The van der Waals surface area contributed by atoms with Gasteiger partial charge in [0.05, 0.1) is 5.52 Å². The van der Waals surface area contributed by atoms with E-state index in [1.807, 2.05) is 0 Å². The molecular formula is C10H8FNO2. The first-order valence-electron chi connectivity index (χ1n) is 4.11. The van der Waals surface area contributed by atoms with Crippen LogP contribution >= 0.6 is 0 Å². The molecule has 2 N–H and O–H groups in total. The lowest BCUT2D eigenvalue weighted by Crippen LogP contribution is -2.08. The lowest BCUT2D eigenvalue weighted by molar-refractivity contribution is 0.428. The van der Waals surface area contributed by atoms with Gasteiger partial charge in [-0.15, -0.1) is 0 Å². The number of aromatic hydroxyl groups is 1. The Labute approximate surface area is 78.8 Å². The minimum atomic E-state index is -0.868. The van der Waals surface area contributed by atoms with Gasteiger partial charge in [-0.3, -0.25) is 4.79 Å². The van der Waals surface area contributed by atoms with Gasteiger partial charge >= 0.3 is 0 Å². The van der Waals surface area contributed by atoms with Crippen molar-refractivity contribution in [1.82, 2.24) is 4.98 Å². The average molecular weight is 193 g/mol. The molecule has 4 heteroatoms. The molecule has 1 aromatic heterocycles. The Balaban J connectivity index is 3.06. The van der Waals surface area contributed by atoms with Crippen molar-refractivity contribution >= 4 is 10.9 Å². The van der Waals surface area contributed by atoms with Gasteiger partial charge in [0, 0.05) is 5.39 Å². The highest BCUT2D eigenvalue weighted by atomic mass is 19.1. The maximum Gasteiger partial charge on any atom is 0.293 e. The topological polar surface area (TPSA) is 53.1 Å². The number of hydrogen-bond donors (Lipinski definition) is 2. The molecule has 0 amide bonds. The molecule has 1 aromatic carbocycles. The third-order valence-electron chi connectivity index (χ3n) is 2.17. The van der Waals surface area contributed by atoms with E-state index in [2.05, 4.69) is 4.98 Å². The van der Waals surface area contributed by atoms with Crippen LogP contribution in [-0.2, 0) is 0 Å². The predicted octanol–water partition coefficient (Wildman–Crippen LogP) is 1.68. The van der Waals surface area contributed by atoms with E-state index in [1.165, 1.54) is 6.07 Å². The summed E-state index contributed by atoms with van der Waals surface area (Å²) in [4.78, 5) is 13.5. The molecule has 72 valence electrons. The number of nitrogens with one attached hydrogen (secondary N) is 1. The molecule has 2 aromatic rings. The van der Waals surface area contributed by atoms with E-state index in [0.29, 0.717) is 5.52 Å². The number of aromatic amines is 1. The first-order valence-corrected chi connectivity index (χ1v) is 4.11. The second-order valence-electron chi connectivity index (χ2n) is 3.11. The number of hydrogen-bond acceptors (Lipinski definition) is 2. The molecule has 0 atom stereocenters. The summed E-state index contributed by atoms with van der Waals surface area (Å²) in [6.07, 6.45) is 0. The van der Waals surface area contributed by atoms with Crippen molar-refractivity contribution in [3.05, 3.63) is 39.9 Å². The smallest absolute Gasteiger partial charge is 0.293 e. The summed E-state index contributed by atoms with van der Waals surface area (Å²) in [6, 6.07) is 4.93. The van der Waals surface area contributed by atoms with Crippen LogP contribution in [0, 0.1) is 12.7 Å². The van der Waals surface area contributed by atoms with Crippen LogP contribution in [0.4, 0.5) is 4.39 Å². The van der Waals surface area contributed by atoms with Crippen molar-refractivity contribution < 1.29 is 9.50 Å². The van der Waals surface area contributed by atoms with E-state index in [4.69, 9.17) is 5.11 Å². The van der Waals surface area contributed by atoms with Crippen LogP contribution in [0.1, 0.15) is 5.56 Å². The van der Waals surface area contributed by atoms with Crippen molar-refractivity contribution in [3.63, 3.8) is 0 Å². The van der Waals surface area contributed by atoms with E-state index in [9.17, 15) is 9.18 Å². The Morgan fingerprint density at radius 2 is 2.14 bits per heavy atom. The second kappa shape index (κ2) is 2.83. The van der Waals surface area contributed by atoms with E-state index in [1.54, 1.807) is 19.1 Å². The molecule has 0 aliphatic heterocycles. The molecule has 1 heterocycles. The molecule has 0 fully saturated rings. The average Bonchev–Trinajstić information content (AvgIpc) is 2.17. The Bertz CT molecular complexity index is 560. The zero-order chi connectivity index (χ0) is 10.3. The molecule has 0 saturated carbocycles. The van der Waals surface area contributed by atoms with Gasteiger partial charge in [0.15, 0.2) is 5.82 Å². The zero-order valence-electron chi connectivity index (χ0n) is 7.47. The summed E-state index contributed by atoms with van der Waals surface area (Å²) >= 11 is 0. The number of benzene rings is 1. The molecule has 2 rings (SSSR count). The quantitative estimate of drug-likeness (QED) is 0.668. The third-order valence-corrected chi connectivity index (χ3v) is 2.17. The number of fused-ring (bicyclic) bond motifs is 1. The first-order chi connectivity index (χ1) is 6.61. The fourth-order valence-electron chi connectivity index (χ4n) is 1.42. The minimum Gasteiger partial charge on any atom is -0.501 e. The Kier molecular flexibility index (Phi) is 1.77. The van der Waals surface area contributed by atoms with E-state index >= 15 is 0 Å². The second-order valence-corrected chi connectivity index (χ2v) is 3.11. The molecule has 0 saturated heterocycles. The molecule has 3 nitrogen and oxygen atoms in total. The van der Waals surface area contributed by atoms with E-state index in [0.717, 1.165) is 5.56 Å². The number of para-hydroxylation sites is 1. The largest absolute Gasteiger partial charge is 0.501 e. The normalized spacial score (nSPS) is 10.7. The van der Waals surface area contributed by atoms with Crippen LogP contribution in [0.5, 0.6) is 5.75 Å². The summed E-state index contributed by atoms with van der Waals surface area (Å²) in [6.45, 7) is 1.76. The van der Waals surface area contributed by atoms with Gasteiger partial charge in [-0.2, -0.15) is 0 Å². The Hall–Kier alpha value is -1.84. The number of rotatable bonds is 0. The highest BCUT2D eigenvalue weighted by molar-refractivity contribution is 5.83. The summed E-state index contributed by atoms with van der Waals surface area (Å²) in [7, 11) is 0. The lowest BCUT2D eigenvalue weighted by Gasteiger charge is -2.03. The number of pyridine rings is 1. The van der Waals surface area contributed by atoms with Gasteiger partial charge in [0.1, 0.15) is 0 Å². The zero-order valence-corrected chi connectivity index (χ0v) is 7.47. The SMILES string of the molecule is Cc1cccc2c(F)c(O)c(=O)[nH]c12. The van der Waals surface area contributed by atoms with Gasteiger partial charge in [0.25, 0.3) is 5.56 Å². The monoisotopic (exact) mass is 193 g/mol. The highest BCUT2D eigenvalue weighted by Gasteiger charge is 2.11. The van der Waals surface area contributed by atoms with Crippen LogP contribution < -0.4 is 5.56 Å². The molecule has 0 bridgehead atoms. The van der Waals surface area contributed by atoms with E-state index < -0.39 is 17.1 Å². The molecular weight excluding hydrogens is 185 g/mol. The number of H-pyrrole nitrogens is 1.